The lowest BCUT2D eigenvalue weighted by Gasteiger charge is -2.22. The quantitative estimate of drug-likeness (QED) is 0.467. The number of Topliss-reactive ketones (excluding diaryl/α,β-unsaturated/α-hetero) is 1. The summed E-state index contributed by atoms with van der Waals surface area (Å²) < 4.78 is 1.45. The van der Waals surface area contributed by atoms with Crippen LogP contribution in [0.25, 0.3) is 0 Å². The normalized spacial score (nSPS) is 15.2. The first kappa shape index (κ1) is 19.8. The molecular formula is C21H19N5O3S. The third kappa shape index (κ3) is 4.41. The molecule has 2 heterocycles. The van der Waals surface area contributed by atoms with Crippen molar-refractivity contribution >= 4 is 41.0 Å². The van der Waals surface area contributed by atoms with Crippen LogP contribution in [-0.2, 0) is 15.3 Å². The fourth-order valence-electron chi connectivity index (χ4n) is 3.04. The van der Waals surface area contributed by atoms with Gasteiger partial charge in [-0.25, -0.2) is 4.68 Å². The predicted octanol–water partition coefficient (Wildman–Crippen LogP) is 3.30. The highest BCUT2D eigenvalue weighted by Gasteiger charge is 2.33. The number of nitrogens with zero attached hydrogens (tertiary/aromatic N) is 3. The van der Waals surface area contributed by atoms with Crippen LogP contribution in [0.5, 0.6) is 0 Å². The van der Waals surface area contributed by atoms with Crippen molar-refractivity contribution in [1.82, 2.24) is 14.8 Å². The second-order valence-corrected chi connectivity index (χ2v) is 7.77. The number of amides is 2. The van der Waals surface area contributed by atoms with Crippen LogP contribution in [0.1, 0.15) is 35.3 Å². The van der Waals surface area contributed by atoms with Crippen molar-refractivity contribution in [2.45, 2.75) is 30.3 Å². The molecule has 1 aliphatic heterocycles. The number of carbonyl (C=O) groups is 3. The van der Waals surface area contributed by atoms with Crippen LogP contribution in [0.2, 0.25) is 0 Å². The molecule has 1 atom stereocenters. The minimum absolute atomic E-state index is 0.0312. The van der Waals surface area contributed by atoms with Gasteiger partial charge in [0.25, 0.3) is 0 Å². The Hall–Kier alpha value is -3.46. The molecule has 0 radical (unpaired) electrons. The average Bonchev–Trinajstić information content (AvgIpc) is 3.15. The highest BCUT2D eigenvalue weighted by Crippen LogP contribution is 2.28. The Labute approximate surface area is 177 Å². The van der Waals surface area contributed by atoms with E-state index in [0.29, 0.717) is 22.2 Å². The van der Waals surface area contributed by atoms with Crippen LogP contribution in [0, 0.1) is 0 Å². The summed E-state index contributed by atoms with van der Waals surface area (Å²) in [5.74, 6) is 0.226. The molecule has 30 heavy (non-hydrogen) atoms. The minimum atomic E-state index is -0.806. The molecule has 2 amide bonds. The van der Waals surface area contributed by atoms with Crippen LogP contribution in [-0.4, -0.2) is 32.4 Å². The maximum Gasteiger partial charge on any atom is 0.249 e. The van der Waals surface area contributed by atoms with Gasteiger partial charge in [0, 0.05) is 17.0 Å². The number of aromatic nitrogens is 3. The zero-order valence-corrected chi connectivity index (χ0v) is 17.0. The number of hydrogen-bond acceptors (Lipinski definition) is 6. The van der Waals surface area contributed by atoms with Gasteiger partial charge < -0.3 is 5.32 Å². The van der Waals surface area contributed by atoms with Gasteiger partial charge >= 0.3 is 0 Å². The Morgan fingerprint density at radius 2 is 1.90 bits per heavy atom. The molecule has 0 unspecified atom stereocenters. The SMILES string of the molecule is CC(=O)c1ccc(NC(=O)[C@H]2CC(=O)Nc3nc(SCc4ccccc4)nn32)cc1. The summed E-state index contributed by atoms with van der Waals surface area (Å²) in [4.78, 5) is 40.7. The van der Waals surface area contributed by atoms with Crippen molar-refractivity contribution in [3.05, 3.63) is 65.7 Å². The van der Waals surface area contributed by atoms with E-state index in [-0.39, 0.29) is 30.0 Å². The van der Waals surface area contributed by atoms with Crippen molar-refractivity contribution in [1.29, 1.82) is 0 Å². The third-order valence-electron chi connectivity index (χ3n) is 4.61. The molecule has 0 fully saturated rings. The predicted molar refractivity (Wildman–Crippen MR) is 113 cm³/mol. The third-order valence-corrected chi connectivity index (χ3v) is 5.52. The van der Waals surface area contributed by atoms with Gasteiger partial charge in [-0.05, 0) is 36.8 Å². The standard InChI is InChI=1S/C21H19N5O3S/c1-13(27)15-7-9-16(10-8-15)22-19(29)17-11-18(28)23-20-24-21(25-26(17)20)30-12-14-5-3-2-4-6-14/h2-10,17H,11-12H2,1H3,(H,22,29)(H,23,24,25,28)/t17-/m1/s1. The summed E-state index contributed by atoms with van der Waals surface area (Å²) in [5.41, 5.74) is 2.22. The monoisotopic (exact) mass is 421 g/mol. The van der Waals surface area contributed by atoms with Crippen LogP contribution < -0.4 is 10.6 Å². The number of ketones is 1. The number of thioether (sulfide) groups is 1. The lowest BCUT2D eigenvalue weighted by Crippen LogP contribution is -2.36. The first-order valence-electron chi connectivity index (χ1n) is 9.34. The van der Waals surface area contributed by atoms with Crippen LogP contribution in [0.3, 0.4) is 0 Å². The number of nitrogens with one attached hydrogen (secondary N) is 2. The number of hydrogen-bond donors (Lipinski definition) is 2. The van der Waals surface area contributed by atoms with Crippen molar-refractivity contribution in [3.63, 3.8) is 0 Å². The van der Waals surface area contributed by atoms with Gasteiger partial charge in [0.1, 0.15) is 6.04 Å². The number of anilines is 2. The average molecular weight is 421 g/mol. The van der Waals surface area contributed by atoms with E-state index in [1.54, 1.807) is 24.3 Å². The summed E-state index contributed by atoms with van der Waals surface area (Å²) in [6.45, 7) is 1.48. The molecule has 9 heteroatoms. The van der Waals surface area contributed by atoms with Gasteiger partial charge in [-0.1, -0.05) is 42.1 Å². The smallest absolute Gasteiger partial charge is 0.249 e. The van der Waals surface area contributed by atoms with E-state index in [2.05, 4.69) is 20.7 Å². The van der Waals surface area contributed by atoms with Crippen molar-refractivity contribution in [2.75, 3.05) is 10.6 Å². The Bertz CT molecular complexity index is 1100. The van der Waals surface area contributed by atoms with E-state index < -0.39 is 6.04 Å². The molecule has 0 saturated carbocycles. The van der Waals surface area contributed by atoms with E-state index in [4.69, 9.17) is 0 Å². The van der Waals surface area contributed by atoms with E-state index in [1.165, 1.54) is 23.4 Å². The highest BCUT2D eigenvalue weighted by molar-refractivity contribution is 7.98. The number of rotatable bonds is 6. The zero-order chi connectivity index (χ0) is 21.1. The first-order chi connectivity index (χ1) is 14.5. The van der Waals surface area contributed by atoms with Gasteiger partial charge in [-0.3, -0.25) is 19.7 Å². The molecule has 2 N–H and O–H groups in total. The molecule has 3 aromatic rings. The Morgan fingerprint density at radius 1 is 1.17 bits per heavy atom. The van der Waals surface area contributed by atoms with Gasteiger partial charge in [0.05, 0.1) is 6.42 Å². The molecule has 0 saturated heterocycles. The number of carbonyl (C=O) groups excluding carboxylic acids is 3. The topological polar surface area (TPSA) is 106 Å². The second-order valence-electron chi connectivity index (χ2n) is 6.83. The molecule has 0 spiro atoms. The first-order valence-corrected chi connectivity index (χ1v) is 10.3. The fourth-order valence-corrected chi connectivity index (χ4v) is 3.83. The molecular weight excluding hydrogens is 402 g/mol. The maximum absolute atomic E-state index is 12.8. The van der Waals surface area contributed by atoms with Gasteiger partial charge in [0.2, 0.25) is 22.9 Å². The van der Waals surface area contributed by atoms with E-state index in [1.807, 2.05) is 30.3 Å². The Kier molecular flexibility index (Phi) is 5.62. The Balaban J connectivity index is 1.49. The second kappa shape index (κ2) is 8.50. The van der Waals surface area contributed by atoms with Crippen LogP contribution in [0.4, 0.5) is 11.6 Å². The summed E-state index contributed by atoms with van der Waals surface area (Å²) in [6.07, 6.45) is -0.0312. The van der Waals surface area contributed by atoms with Gasteiger partial charge in [-0.15, -0.1) is 5.10 Å². The van der Waals surface area contributed by atoms with Crippen LogP contribution >= 0.6 is 11.8 Å². The number of benzene rings is 2. The molecule has 8 nitrogen and oxygen atoms in total. The summed E-state index contributed by atoms with van der Waals surface area (Å²) in [6, 6.07) is 15.7. The van der Waals surface area contributed by atoms with E-state index in [0.717, 1.165) is 5.56 Å². The molecule has 4 rings (SSSR count). The summed E-state index contributed by atoms with van der Waals surface area (Å²) >= 11 is 1.43. The lowest BCUT2D eigenvalue weighted by molar-refractivity contribution is -0.125. The van der Waals surface area contributed by atoms with Crippen molar-refractivity contribution in [2.24, 2.45) is 0 Å². The summed E-state index contributed by atoms with van der Waals surface area (Å²) in [7, 11) is 0. The maximum atomic E-state index is 12.8. The van der Waals surface area contributed by atoms with E-state index >= 15 is 0 Å². The molecule has 1 aliphatic rings. The van der Waals surface area contributed by atoms with Crippen molar-refractivity contribution < 1.29 is 14.4 Å². The number of fused-ring (bicyclic) bond motifs is 1. The van der Waals surface area contributed by atoms with Gasteiger partial charge in [-0.2, -0.15) is 4.98 Å². The minimum Gasteiger partial charge on any atom is -0.324 e. The molecule has 0 bridgehead atoms. The molecule has 2 aromatic carbocycles. The fraction of sp³-hybridized carbons (Fsp3) is 0.190. The van der Waals surface area contributed by atoms with Gasteiger partial charge in [0.15, 0.2) is 5.78 Å². The van der Waals surface area contributed by atoms with E-state index in [9.17, 15) is 14.4 Å². The Morgan fingerprint density at radius 3 is 2.60 bits per heavy atom. The lowest BCUT2D eigenvalue weighted by atomic mass is 10.1. The molecule has 152 valence electrons. The van der Waals surface area contributed by atoms with Crippen LogP contribution in [0.15, 0.2) is 59.8 Å². The largest absolute Gasteiger partial charge is 0.324 e. The molecule has 1 aromatic heterocycles. The van der Waals surface area contributed by atoms with Crippen molar-refractivity contribution in [3.8, 4) is 0 Å². The summed E-state index contributed by atoms with van der Waals surface area (Å²) in [5, 5.41) is 10.4. The molecule has 0 aliphatic carbocycles. The highest BCUT2D eigenvalue weighted by atomic mass is 32.2. The zero-order valence-electron chi connectivity index (χ0n) is 16.2.